The Labute approximate surface area is 214 Å². The molecule has 0 saturated heterocycles. The largest absolute Gasteiger partial charge is 0.296 e. The number of halogens is 2. The fourth-order valence-corrected chi connectivity index (χ4v) is 5.30. The Kier molecular flexibility index (Phi) is 6.46. The van der Waals surface area contributed by atoms with Crippen LogP contribution in [0.4, 0.5) is 10.2 Å². The van der Waals surface area contributed by atoms with Gasteiger partial charge in [0.2, 0.25) is 5.91 Å². The fourth-order valence-electron chi connectivity index (χ4n) is 5.11. The molecule has 5 nitrogen and oxygen atoms in total. The number of benzene rings is 3. The van der Waals surface area contributed by atoms with Crippen molar-refractivity contribution in [3.05, 3.63) is 112 Å². The minimum absolute atomic E-state index is 0.00683. The Bertz CT molecular complexity index is 1430. The first-order chi connectivity index (χ1) is 17.4. The molecule has 0 N–H and O–H groups in total. The summed E-state index contributed by atoms with van der Waals surface area (Å²) in [6.45, 7) is 4.24. The van der Waals surface area contributed by atoms with E-state index in [1.807, 2.05) is 44.2 Å². The van der Waals surface area contributed by atoms with E-state index < -0.39 is 11.8 Å². The van der Waals surface area contributed by atoms with Gasteiger partial charge in [-0.3, -0.25) is 14.5 Å². The number of carbonyl (C=O) groups is 2. The number of nitrogens with zero attached hydrogens (tertiary/aromatic N) is 3. The number of Topliss-reactive ketones (excluding diaryl/α,β-unsaturated/α-hetero) is 1. The highest BCUT2D eigenvalue weighted by Crippen LogP contribution is 2.47. The summed E-state index contributed by atoms with van der Waals surface area (Å²) in [5.41, 5.74) is 3.68. The molecule has 182 valence electrons. The molecule has 2 atom stereocenters. The molecule has 3 aromatic carbocycles. The molecule has 36 heavy (non-hydrogen) atoms. The van der Waals surface area contributed by atoms with Crippen molar-refractivity contribution >= 4 is 29.1 Å². The number of anilines is 1. The molecule has 0 bridgehead atoms. The molecule has 0 radical (unpaired) electrons. The first-order valence-electron chi connectivity index (χ1n) is 11.9. The average molecular weight is 502 g/mol. The monoisotopic (exact) mass is 501 g/mol. The van der Waals surface area contributed by atoms with Gasteiger partial charge < -0.3 is 0 Å². The van der Waals surface area contributed by atoms with E-state index in [9.17, 15) is 14.0 Å². The van der Waals surface area contributed by atoms with E-state index in [4.69, 9.17) is 16.7 Å². The Balaban J connectivity index is 1.68. The predicted molar refractivity (Wildman–Crippen MR) is 138 cm³/mol. The molecular formula is C29H25ClFN3O2. The smallest absolute Gasteiger partial charge is 0.232 e. The maximum Gasteiger partial charge on any atom is 0.232 e. The predicted octanol–water partition coefficient (Wildman–Crippen LogP) is 6.36. The molecule has 1 aliphatic heterocycles. The average Bonchev–Trinajstić information content (AvgIpc) is 3.22. The molecule has 7 heteroatoms. The van der Waals surface area contributed by atoms with Crippen molar-refractivity contribution in [2.75, 3.05) is 11.4 Å². The number of hydrogen-bond acceptors (Lipinski definition) is 3. The van der Waals surface area contributed by atoms with E-state index in [1.54, 1.807) is 46.0 Å². The van der Waals surface area contributed by atoms with E-state index in [1.165, 1.54) is 12.1 Å². The van der Waals surface area contributed by atoms with Crippen LogP contribution in [0.5, 0.6) is 0 Å². The number of ketones is 1. The molecule has 1 aromatic heterocycles. The molecule has 0 fully saturated rings. The quantitative estimate of drug-likeness (QED) is 0.289. The summed E-state index contributed by atoms with van der Waals surface area (Å²) in [4.78, 5) is 29.1. The highest BCUT2D eigenvalue weighted by atomic mass is 35.5. The lowest BCUT2D eigenvalue weighted by Gasteiger charge is -2.38. The molecule has 1 amide bonds. The van der Waals surface area contributed by atoms with Crippen LogP contribution < -0.4 is 4.90 Å². The SMILES string of the molecule is CCN1C(=O)[C@@H](CC(=O)c2cccc(Cl)c2)[C@@H](c2ccc(F)cc2)c2c(C)nn(-c3ccccc3)c21. The zero-order valence-electron chi connectivity index (χ0n) is 20.0. The molecule has 4 aromatic rings. The van der Waals surface area contributed by atoms with Gasteiger partial charge in [-0.1, -0.05) is 54.1 Å². The zero-order valence-corrected chi connectivity index (χ0v) is 20.7. The third-order valence-electron chi connectivity index (χ3n) is 6.73. The van der Waals surface area contributed by atoms with E-state index in [2.05, 4.69) is 0 Å². The van der Waals surface area contributed by atoms with Crippen molar-refractivity contribution in [3.63, 3.8) is 0 Å². The summed E-state index contributed by atoms with van der Waals surface area (Å²) in [5.74, 6) is -1.15. The fraction of sp³-hybridized carbons (Fsp3) is 0.207. The van der Waals surface area contributed by atoms with Gasteiger partial charge in [0.25, 0.3) is 0 Å². The first-order valence-corrected chi connectivity index (χ1v) is 12.3. The Morgan fingerprint density at radius 2 is 1.75 bits per heavy atom. The summed E-state index contributed by atoms with van der Waals surface area (Å²) in [6, 6.07) is 22.5. The van der Waals surface area contributed by atoms with Crippen molar-refractivity contribution in [2.45, 2.75) is 26.2 Å². The van der Waals surface area contributed by atoms with Gasteiger partial charge >= 0.3 is 0 Å². The molecule has 1 aliphatic rings. The molecule has 0 saturated carbocycles. The Morgan fingerprint density at radius 3 is 2.42 bits per heavy atom. The van der Waals surface area contributed by atoms with E-state index >= 15 is 0 Å². The van der Waals surface area contributed by atoms with Crippen LogP contribution in [0.2, 0.25) is 5.02 Å². The van der Waals surface area contributed by atoms with E-state index in [0.29, 0.717) is 22.9 Å². The minimum atomic E-state index is -0.679. The van der Waals surface area contributed by atoms with Crippen molar-refractivity contribution in [3.8, 4) is 5.69 Å². The third-order valence-corrected chi connectivity index (χ3v) is 6.97. The van der Waals surface area contributed by atoms with Crippen molar-refractivity contribution < 1.29 is 14.0 Å². The number of carbonyl (C=O) groups excluding carboxylic acids is 2. The van der Waals surface area contributed by atoms with Crippen molar-refractivity contribution in [2.24, 2.45) is 5.92 Å². The van der Waals surface area contributed by atoms with Gasteiger partial charge in [-0.25, -0.2) is 9.07 Å². The Hall–Kier alpha value is -3.77. The summed E-state index contributed by atoms with van der Waals surface area (Å²) >= 11 is 6.12. The first kappa shape index (κ1) is 23.9. The summed E-state index contributed by atoms with van der Waals surface area (Å²) in [5, 5.41) is 5.28. The number of aryl methyl sites for hydroxylation is 1. The van der Waals surface area contributed by atoms with E-state index in [0.717, 1.165) is 22.5 Å². The third kappa shape index (κ3) is 4.22. The summed E-state index contributed by atoms with van der Waals surface area (Å²) in [7, 11) is 0. The van der Waals surface area contributed by atoms with E-state index in [-0.39, 0.29) is 23.9 Å². The lowest BCUT2D eigenvalue weighted by Crippen LogP contribution is -2.45. The van der Waals surface area contributed by atoms with Gasteiger partial charge in [0.1, 0.15) is 11.6 Å². The highest BCUT2D eigenvalue weighted by molar-refractivity contribution is 6.31. The van der Waals surface area contributed by atoms with Crippen LogP contribution in [-0.4, -0.2) is 28.0 Å². The number of para-hydroxylation sites is 1. The second kappa shape index (κ2) is 9.70. The summed E-state index contributed by atoms with van der Waals surface area (Å²) in [6.07, 6.45) is -0.00683. The van der Waals surface area contributed by atoms with Gasteiger partial charge in [-0.2, -0.15) is 5.10 Å². The molecule has 5 rings (SSSR count). The number of fused-ring (bicyclic) bond motifs is 1. The van der Waals surface area contributed by atoms with Crippen LogP contribution in [0.1, 0.15) is 46.4 Å². The number of rotatable bonds is 6. The van der Waals surface area contributed by atoms with Crippen molar-refractivity contribution in [1.29, 1.82) is 0 Å². The van der Waals surface area contributed by atoms with Crippen LogP contribution in [0.25, 0.3) is 5.69 Å². The molecular weight excluding hydrogens is 477 g/mol. The molecule has 0 unspecified atom stereocenters. The van der Waals surface area contributed by atoms with Gasteiger partial charge in [0, 0.05) is 35.0 Å². The van der Waals surface area contributed by atoms with Gasteiger partial charge in [0.15, 0.2) is 5.78 Å². The van der Waals surface area contributed by atoms with Crippen LogP contribution >= 0.6 is 11.6 Å². The number of amides is 1. The second-order valence-corrected chi connectivity index (χ2v) is 9.36. The molecule has 2 heterocycles. The van der Waals surface area contributed by atoms with Gasteiger partial charge in [-0.15, -0.1) is 0 Å². The lowest BCUT2D eigenvalue weighted by atomic mass is 9.74. The summed E-state index contributed by atoms with van der Waals surface area (Å²) < 4.78 is 15.6. The zero-order chi connectivity index (χ0) is 25.4. The van der Waals surface area contributed by atoms with Crippen LogP contribution in [-0.2, 0) is 4.79 Å². The second-order valence-electron chi connectivity index (χ2n) is 8.93. The number of hydrogen-bond donors (Lipinski definition) is 0. The maximum atomic E-state index is 14.0. The topological polar surface area (TPSA) is 55.2 Å². The lowest BCUT2D eigenvalue weighted by molar-refractivity contribution is -0.123. The number of aromatic nitrogens is 2. The highest BCUT2D eigenvalue weighted by Gasteiger charge is 2.45. The van der Waals surface area contributed by atoms with Crippen molar-refractivity contribution in [1.82, 2.24) is 9.78 Å². The van der Waals surface area contributed by atoms with Crippen LogP contribution in [0.15, 0.2) is 78.9 Å². The Morgan fingerprint density at radius 1 is 1.03 bits per heavy atom. The maximum absolute atomic E-state index is 14.0. The molecule has 0 aliphatic carbocycles. The minimum Gasteiger partial charge on any atom is -0.296 e. The van der Waals surface area contributed by atoms with Crippen LogP contribution in [0.3, 0.4) is 0 Å². The standard InChI is InChI=1S/C29H25ClFN3O2/c1-3-33-28-26(18(2)32-34(28)23-10-5-4-6-11-23)27(19-12-14-22(31)15-13-19)24(29(33)36)17-25(35)20-8-7-9-21(30)16-20/h4-16,24,27H,3,17H2,1-2H3/t24-,27+/m0/s1. The molecule has 0 spiro atoms. The normalized spacial score (nSPS) is 17.2. The van der Waals surface area contributed by atoms with Crippen LogP contribution in [0, 0.1) is 18.7 Å². The van der Waals surface area contributed by atoms with Gasteiger partial charge in [0.05, 0.1) is 17.3 Å². The van der Waals surface area contributed by atoms with Gasteiger partial charge in [-0.05, 0) is 55.8 Å².